The van der Waals surface area contributed by atoms with E-state index in [2.05, 4.69) is 17.3 Å². The first-order valence-corrected chi connectivity index (χ1v) is 8.15. The molecule has 108 valence electrons. The molecular formula is C14H13N3O2S2. The van der Waals surface area contributed by atoms with E-state index >= 15 is 0 Å². The quantitative estimate of drug-likeness (QED) is 0.807. The summed E-state index contributed by atoms with van der Waals surface area (Å²) >= 11 is 2.83. The lowest BCUT2D eigenvalue weighted by molar-refractivity contribution is 0.101. The third kappa shape index (κ3) is 2.50. The fourth-order valence-electron chi connectivity index (χ4n) is 2.08. The molecule has 0 radical (unpaired) electrons. The van der Waals surface area contributed by atoms with Crippen LogP contribution < -0.4 is 11.0 Å². The fourth-order valence-corrected chi connectivity index (χ4v) is 3.81. The van der Waals surface area contributed by atoms with Gasteiger partial charge in [-0.05, 0) is 36.4 Å². The lowest BCUT2D eigenvalue weighted by atomic mass is 10.2. The van der Waals surface area contributed by atoms with Crippen LogP contribution in [0.1, 0.15) is 27.0 Å². The van der Waals surface area contributed by atoms with Crippen molar-refractivity contribution in [1.29, 1.82) is 0 Å². The van der Waals surface area contributed by atoms with Gasteiger partial charge in [-0.3, -0.25) is 15.0 Å². The highest BCUT2D eigenvalue weighted by atomic mass is 32.1. The molecule has 3 rings (SSSR count). The van der Waals surface area contributed by atoms with Crippen LogP contribution in [-0.4, -0.2) is 15.6 Å². The Balaban J connectivity index is 1.92. The molecule has 5 nitrogen and oxygen atoms in total. The molecule has 0 aliphatic heterocycles. The summed E-state index contributed by atoms with van der Waals surface area (Å²) in [5.41, 5.74) is 3.48. The van der Waals surface area contributed by atoms with Crippen LogP contribution >= 0.6 is 22.7 Å². The first kappa shape index (κ1) is 14.0. The zero-order valence-electron chi connectivity index (χ0n) is 11.5. The SMILES string of the molecule is CCc1cc(C(=O)Nn2cnc3sccc3c2=O)sc1C. The number of carbonyl (C=O) groups excluding carboxylic acids is 1. The van der Waals surface area contributed by atoms with Crippen molar-refractivity contribution < 1.29 is 4.79 Å². The summed E-state index contributed by atoms with van der Waals surface area (Å²) in [5, 5.41) is 2.32. The molecule has 0 aliphatic carbocycles. The molecule has 0 aliphatic rings. The van der Waals surface area contributed by atoms with E-state index in [1.807, 2.05) is 13.0 Å². The first-order chi connectivity index (χ1) is 10.1. The van der Waals surface area contributed by atoms with Gasteiger partial charge in [0.15, 0.2) is 0 Å². The molecule has 0 aromatic carbocycles. The summed E-state index contributed by atoms with van der Waals surface area (Å²) in [6.45, 7) is 4.04. The second-order valence-corrected chi connectivity index (χ2v) is 6.70. The third-order valence-corrected chi connectivity index (χ3v) is 5.14. The van der Waals surface area contributed by atoms with Gasteiger partial charge in [-0.1, -0.05) is 6.92 Å². The van der Waals surface area contributed by atoms with Gasteiger partial charge in [0.1, 0.15) is 11.2 Å². The molecule has 1 N–H and O–H groups in total. The normalized spacial score (nSPS) is 11.0. The van der Waals surface area contributed by atoms with Crippen molar-refractivity contribution in [2.45, 2.75) is 20.3 Å². The Morgan fingerprint density at radius 3 is 3.00 bits per heavy atom. The number of fused-ring (bicyclic) bond motifs is 1. The molecule has 3 aromatic heterocycles. The molecule has 7 heteroatoms. The first-order valence-electron chi connectivity index (χ1n) is 6.45. The topological polar surface area (TPSA) is 64.0 Å². The number of carbonyl (C=O) groups is 1. The lowest BCUT2D eigenvalue weighted by Gasteiger charge is -2.05. The fraction of sp³-hybridized carbons (Fsp3) is 0.214. The zero-order chi connectivity index (χ0) is 15.0. The van der Waals surface area contributed by atoms with Crippen LogP contribution in [0.15, 0.2) is 28.6 Å². The largest absolute Gasteiger partial charge is 0.280 e. The van der Waals surface area contributed by atoms with Crippen molar-refractivity contribution in [3.8, 4) is 0 Å². The molecule has 3 heterocycles. The van der Waals surface area contributed by atoms with Crippen molar-refractivity contribution in [1.82, 2.24) is 9.66 Å². The Morgan fingerprint density at radius 1 is 1.48 bits per heavy atom. The molecule has 0 fully saturated rings. The molecular weight excluding hydrogens is 306 g/mol. The van der Waals surface area contributed by atoms with Crippen molar-refractivity contribution in [2.24, 2.45) is 0 Å². The second kappa shape index (κ2) is 5.42. The van der Waals surface area contributed by atoms with Crippen molar-refractivity contribution in [3.05, 3.63) is 49.5 Å². The molecule has 1 amide bonds. The molecule has 0 atom stereocenters. The van der Waals surface area contributed by atoms with Crippen molar-refractivity contribution in [3.63, 3.8) is 0 Å². The van der Waals surface area contributed by atoms with Crippen LogP contribution in [0.4, 0.5) is 0 Å². The van der Waals surface area contributed by atoms with Crippen LogP contribution in [0.2, 0.25) is 0 Å². The predicted molar refractivity (Wildman–Crippen MR) is 86.0 cm³/mol. The van der Waals surface area contributed by atoms with Crippen LogP contribution in [0.3, 0.4) is 0 Å². The Hall–Kier alpha value is -1.99. The number of thiophene rings is 2. The number of hydrogen-bond donors (Lipinski definition) is 1. The minimum atomic E-state index is -0.290. The number of aromatic nitrogens is 2. The second-order valence-electron chi connectivity index (χ2n) is 4.55. The van der Waals surface area contributed by atoms with Gasteiger partial charge in [0.25, 0.3) is 11.5 Å². The minimum absolute atomic E-state index is 0.265. The highest BCUT2D eigenvalue weighted by molar-refractivity contribution is 7.16. The highest BCUT2D eigenvalue weighted by Gasteiger charge is 2.13. The Bertz CT molecular complexity index is 876. The maximum absolute atomic E-state index is 12.2. The Morgan fingerprint density at radius 2 is 2.29 bits per heavy atom. The van der Waals surface area contributed by atoms with Gasteiger partial charge in [0.2, 0.25) is 0 Å². The van der Waals surface area contributed by atoms with Crippen molar-refractivity contribution >= 4 is 38.8 Å². The molecule has 0 spiro atoms. The van der Waals surface area contributed by atoms with E-state index in [0.717, 1.165) is 21.5 Å². The number of rotatable bonds is 3. The third-order valence-electron chi connectivity index (χ3n) is 3.23. The van der Waals surface area contributed by atoms with Gasteiger partial charge in [-0.15, -0.1) is 22.7 Å². The average Bonchev–Trinajstić information content (AvgIpc) is 3.08. The van der Waals surface area contributed by atoms with E-state index < -0.39 is 0 Å². The van der Waals surface area contributed by atoms with E-state index in [4.69, 9.17) is 0 Å². The lowest BCUT2D eigenvalue weighted by Crippen LogP contribution is -2.32. The van der Waals surface area contributed by atoms with Crippen LogP contribution in [0, 0.1) is 6.92 Å². The summed E-state index contributed by atoms with van der Waals surface area (Å²) in [6.07, 6.45) is 2.23. The summed E-state index contributed by atoms with van der Waals surface area (Å²) in [7, 11) is 0. The maximum atomic E-state index is 12.2. The molecule has 0 saturated carbocycles. The van der Waals surface area contributed by atoms with Gasteiger partial charge < -0.3 is 0 Å². The summed E-state index contributed by atoms with van der Waals surface area (Å²) in [4.78, 5) is 31.0. The van der Waals surface area contributed by atoms with Crippen LogP contribution in [0.5, 0.6) is 0 Å². The van der Waals surface area contributed by atoms with Gasteiger partial charge in [-0.25, -0.2) is 9.66 Å². The predicted octanol–water partition coefficient (Wildman–Crippen LogP) is 2.77. The Kier molecular flexibility index (Phi) is 3.60. The zero-order valence-corrected chi connectivity index (χ0v) is 13.2. The molecule has 0 bridgehead atoms. The van der Waals surface area contributed by atoms with E-state index in [0.29, 0.717) is 15.1 Å². The van der Waals surface area contributed by atoms with Crippen molar-refractivity contribution in [2.75, 3.05) is 5.43 Å². The molecule has 0 unspecified atom stereocenters. The van der Waals surface area contributed by atoms with E-state index in [1.54, 1.807) is 11.4 Å². The molecule has 0 saturated heterocycles. The number of hydrogen-bond acceptors (Lipinski definition) is 5. The number of aryl methyl sites for hydroxylation is 2. The van der Waals surface area contributed by atoms with E-state index in [1.165, 1.54) is 29.0 Å². The summed E-state index contributed by atoms with van der Waals surface area (Å²) < 4.78 is 1.14. The van der Waals surface area contributed by atoms with Gasteiger partial charge in [0, 0.05) is 4.88 Å². The van der Waals surface area contributed by atoms with Gasteiger partial charge in [0.05, 0.1) is 10.3 Å². The van der Waals surface area contributed by atoms with Gasteiger partial charge in [-0.2, -0.15) is 0 Å². The smallest absolute Gasteiger partial charge is 0.267 e. The van der Waals surface area contributed by atoms with E-state index in [-0.39, 0.29) is 11.5 Å². The Labute approximate surface area is 128 Å². The number of nitrogens with one attached hydrogen (secondary N) is 1. The van der Waals surface area contributed by atoms with E-state index in [9.17, 15) is 9.59 Å². The summed E-state index contributed by atoms with van der Waals surface area (Å²) in [5.74, 6) is -0.290. The van der Waals surface area contributed by atoms with Crippen LogP contribution in [0.25, 0.3) is 10.2 Å². The monoisotopic (exact) mass is 319 g/mol. The van der Waals surface area contributed by atoms with Crippen LogP contribution in [-0.2, 0) is 6.42 Å². The highest BCUT2D eigenvalue weighted by Crippen LogP contribution is 2.22. The average molecular weight is 319 g/mol. The summed E-state index contributed by atoms with van der Waals surface area (Å²) in [6, 6.07) is 3.58. The number of amides is 1. The van der Waals surface area contributed by atoms with Gasteiger partial charge >= 0.3 is 0 Å². The minimum Gasteiger partial charge on any atom is -0.267 e. The standard InChI is InChI=1S/C14H13N3O2S2/c1-3-9-6-11(21-8(9)2)12(18)16-17-7-15-13-10(14(17)19)4-5-20-13/h4-7H,3H2,1-2H3,(H,16,18). The maximum Gasteiger partial charge on any atom is 0.280 e. The molecule has 21 heavy (non-hydrogen) atoms. The molecule has 3 aromatic rings. The number of nitrogens with zero attached hydrogens (tertiary/aromatic N) is 2.